The summed E-state index contributed by atoms with van der Waals surface area (Å²) in [5, 5.41) is 4.88. The maximum Gasteiger partial charge on any atom is 0.271 e. The molecule has 0 fully saturated rings. The van der Waals surface area contributed by atoms with Crippen LogP contribution in [0.3, 0.4) is 0 Å². The summed E-state index contributed by atoms with van der Waals surface area (Å²) < 4.78 is 21.8. The molecule has 0 bridgehead atoms. The summed E-state index contributed by atoms with van der Waals surface area (Å²) in [6.45, 7) is 1.93. The van der Waals surface area contributed by atoms with Gasteiger partial charge in [-0.1, -0.05) is 45.9 Å². The van der Waals surface area contributed by atoms with Crippen molar-refractivity contribution in [1.29, 1.82) is 0 Å². The third-order valence-corrected chi connectivity index (χ3v) is 5.85. The highest BCUT2D eigenvalue weighted by Gasteiger charge is 2.25. The fraction of sp³-hybridized carbons (Fsp3) is 0.174. The summed E-state index contributed by atoms with van der Waals surface area (Å²) in [7, 11) is 4.49. The van der Waals surface area contributed by atoms with Crippen molar-refractivity contribution in [1.82, 2.24) is 0 Å². The molecule has 0 aliphatic carbocycles. The Morgan fingerprint density at radius 2 is 1.61 bits per heavy atom. The number of anilines is 1. The van der Waals surface area contributed by atoms with Crippen molar-refractivity contribution in [2.24, 2.45) is 9.63 Å². The van der Waals surface area contributed by atoms with Crippen molar-refractivity contribution < 1.29 is 19.0 Å². The Hall–Kier alpha value is -2.94. The molecule has 0 atom stereocenters. The summed E-state index contributed by atoms with van der Waals surface area (Å²) in [6.07, 6.45) is 0. The Labute approximate surface area is 206 Å². The largest absolute Gasteiger partial charge is 0.493 e. The Morgan fingerprint density at radius 1 is 0.939 bits per heavy atom. The van der Waals surface area contributed by atoms with E-state index in [0.29, 0.717) is 33.6 Å². The molecular formula is C23H21Cl2N3O4S. The molecule has 0 radical (unpaired) electrons. The minimum atomic E-state index is -0.431. The molecular weight excluding hydrogens is 485 g/mol. The minimum absolute atomic E-state index is 0.210. The third kappa shape index (κ3) is 5.71. The highest BCUT2D eigenvalue weighted by molar-refractivity contribution is 8.00. The van der Waals surface area contributed by atoms with Crippen LogP contribution in [0.1, 0.15) is 15.9 Å². The number of carbonyl (C=O) groups excluding carboxylic acids is 1. The highest BCUT2D eigenvalue weighted by atomic mass is 35.5. The maximum atomic E-state index is 13.5. The van der Waals surface area contributed by atoms with E-state index in [1.54, 1.807) is 24.3 Å². The molecule has 0 saturated carbocycles. The lowest BCUT2D eigenvalue weighted by atomic mass is 10.2. The maximum absolute atomic E-state index is 13.5. The van der Waals surface area contributed by atoms with Gasteiger partial charge in [-0.15, -0.1) is 5.11 Å². The Kier molecular flexibility index (Phi) is 8.43. The van der Waals surface area contributed by atoms with Crippen molar-refractivity contribution in [3.8, 4) is 17.2 Å². The zero-order valence-electron chi connectivity index (χ0n) is 18.3. The van der Waals surface area contributed by atoms with Gasteiger partial charge in [0.15, 0.2) is 11.5 Å². The van der Waals surface area contributed by atoms with Gasteiger partial charge in [-0.2, -0.15) is 0 Å². The fourth-order valence-corrected chi connectivity index (χ4v) is 3.99. The van der Waals surface area contributed by atoms with Gasteiger partial charge in [-0.25, -0.2) is 4.31 Å². The minimum Gasteiger partial charge on any atom is -0.493 e. The van der Waals surface area contributed by atoms with Crippen LogP contribution in [-0.4, -0.2) is 27.2 Å². The first kappa shape index (κ1) is 24.7. The molecule has 0 spiro atoms. The third-order valence-electron chi connectivity index (χ3n) is 4.61. The first-order valence-corrected chi connectivity index (χ1v) is 11.1. The number of carbonyl (C=O) groups is 1. The second-order valence-corrected chi connectivity index (χ2v) is 8.19. The number of rotatable bonds is 8. The predicted molar refractivity (Wildman–Crippen MR) is 133 cm³/mol. The van der Waals surface area contributed by atoms with E-state index >= 15 is 0 Å². The van der Waals surface area contributed by atoms with Crippen LogP contribution in [0.15, 0.2) is 64.2 Å². The predicted octanol–water partition coefficient (Wildman–Crippen LogP) is 7.32. The number of hydrogen-bond donors (Lipinski definition) is 0. The van der Waals surface area contributed by atoms with Gasteiger partial charge in [0.05, 0.1) is 43.3 Å². The van der Waals surface area contributed by atoms with Crippen LogP contribution in [0, 0.1) is 6.92 Å². The van der Waals surface area contributed by atoms with Crippen molar-refractivity contribution in [2.45, 2.75) is 6.92 Å². The lowest BCUT2D eigenvalue weighted by Crippen LogP contribution is -2.23. The number of aryl methyl sites for hydroxylation is 1. The van der Waals surface area contributed by atoms with Gasteiger partial charge in [0.25, 0.3) is 5.91 Å². The number of ether oxygens (including phenoxy) is 3. The van der Waals surface area contributed by atoms with Gasteiger partial charge in [0.1, 0.15) is 12.1 Å². The van der Waals surface area contributed by atoms with E-state index in [2.05, 4.69) is 9.63 Å². The van der Waals surface area contributed by atoms with Crippen LogP contribution in [0.2, 0.25) is 10.0 Å². The summed E-state index contributed by atoms with van der Waals surface area (Å²) in [5.74, 6) is 0.721. The molecule has 3 aromatic rings. The standard InChI is InChI=1S/C23H21Cl2N3O4S/c1-14-7-5-6-8-19(14)26-27-33-28(23(29)17-10-9-15(24)11-18(17)25)16-12-20(30-2)22(32-4)21(13-16)31-3/h5-13H,1-4H3. The second kappa shape index (κ2) is 11.3. The van der Waals surface area contributed by atoms with E-state index in [1.807, 2.05) is 31.2 Å². The molecule has 7 nitrogen and oxygen atoms in total. The van der Waals surface area contributed by atoms with Crippen molar-refractivity contribution in [3.05, 3.63) is 75.8 Å². The molecule has 0 aliphatic heterocycles. The quantitative estimate of drug-likeness (QED) is 0.236. The molecule has 3 aromatic carbocycles. The molecule has 33 heavy (non-hydrogen) atoms. The van der Waals surface area contributed by atoms with Crippen LogP contribution < -0.4 is 18.5 Å². The van der Waals surface area contributed by atoms with Crippen molar-refractivity contribution in [3.63, 3.8) is 0 Å². The smallest absolute Gasteiger partial charge is 0.271 e. The van der Waals surface area contributed by atoms with Gasteiger partial charge >= 0.3 is 0 Å². The number of halogens is 2. The monoisotopic (exact) mass is 505 g/mol. The Morgan fingerprint density at radius 3 is 2.18 bits per heavy atom. The average molecular weight is 506 g/mol. The second-order valence-electron chi connectivity index (χ2n) is 6.66. The molecule has 0 N–H and O–H groups in total. The highest BCUT2D eigenvalue weighted by Crippen LogP contribution is 2.43. The lowest BCUT2D eigenvalue weighted by molar-refractivity contribution is 0.101. The average Bonchev–Trinajstić information content (AvgIpc) is 2.81. The number of nitrogens with zero attached hydrogens (tertiary/aromatic N) is 3. The molecule has 0 aliphatic rings. The van der Waals surface area contributed by atoms with E-state index in [-0.39, 0.29) is 10.6 Å². The van der Waals surface area contributed by atoms with Crippen molar-refractivity contribution >= 4 is 52.6 Å². The van der Waals surface area contributed by atoms with E-state index in [9.17, 15) is 4.79 Å². The first-order chi connectivity index (χ1) is 15.9. The Bertz CT molecular complexity index is 1170. The van der Waals surface area contributed by atoms with Crippen molar-refractivity contribution in [2.75, 3.05) is 25.6 Å². The topological polar surface area (TPSA) is 72.7 Å². The first-order valence-electron chi connectivity index (χ1n) is 9.63. The van der Waals surface area contributed by atoms with E-state index in [4.69, 9.17) is 37.4 Å². The molecule has 172 valence electrons. The van der Waals surface area contributed by atoms with Gasteiger partial charge in [-0.05, 0) is 36.8 Å². The van der Waals surface area contributed by atoms with E-state index in [0.717, 1.165) is 17.7 Å². The van der Waals surface area contributed by atoms with Gasteiger partial charge in [0, 0.05) is 17.2 Å². The summed E-state index contributed by atoms with van der Waals surface area (Å²) in [4.78, 5) is 13.5. The molecule has 1 amide bonds. The van der Waals surface area contributed by atoms with Crippen LogP contribution in [0.4, 0.5) is 11.4 Å². The normalized spacial score (nSPS) is 10.8. The molecule has 3 rings (SSSR count). The number of benzene rings is 3. The van der Waals surface area contributed by atoms with Crippen LogP contribution in [-0.2, 0) is 0 Å². The molecule has 0 aromatic heterocycles. The van der Waals surface area contributed by atoms with Gasteiger partial charge in [-0.3, -0.25) is 4.79 Å². The molecule has 0 saturated heterocycles. The number of hydrogen-bond acceptors (Lipinski definition) is 7. The summed E-state index contributed by atoms with van der Waals surface area (Å²) >= 11 is 13.2. The molecule has 0 unspecified atom stereocenters. The Balaban J connectivity index is 2.07. The molecule has 10 heteroatoms. The van der Waals surface area contributed by atoms with Crippen LogP contribution in [0.5, 0.6) is 17.2 Å². The van der Waals surface area contributed by atoms with Gasteiger partial charge in [0.2, 0.25) is 5.75 Å². The fourth-order valence-electron chi connectivity index (χ4n) is 2.93. The molecule has 0 heterocycles. The zero-order valence-corrected chi connectivity index (χ0v) is 20.7. The lowest BCUT2D eigenvalue weighted by Gasteiger charge is -2.21. The number of amides is 1. The SMILES string of the molecule is COc1cc(N(SN=Nc2ccccc2C)C(=O)c2ccc(Cl)cc2Cl)cc(OC)c1OC. The number of methoxy groups -OCH3 is 3. The van der Waals surface area contributed by atoms with Gasteiger partial charge < -0.3 is 14.2 Å². The van der Waals surface area contributed by atoms with Crippen LogP contribution in [0.25, 0.3) is 0 Å². The zero-order chi connectivity index (χ0) is 24.0. The summed E-state index contributed by atoms with van der Waals surface area (Å²) in [5.41, 5.74) is 2.31. The summed E-state index contributed by atoms with van der Waals surface area (Å²) in [6, 6.07) is 15.5. The van der Waals surface area contributed by atoms with Crippen LogP contribution >= 0.6 is 35.3 Å². The van der Waals surface area contributed by atoms with E-state index in [1.165, 1.54) is 31.7 Å². The van der Waals surface area contributed by atoms with E-state index < -0.39 is 5.91 Å².